The van der Waals surface area contributed by atoms with Gasteiger partial charge < -0.3 is 19.5 Å². The maximum Gasteiger partial charge on any atom is 0.471 e. The zero-order valence-electron chi connectivity index (χ0n) is 18.4. The second-order valence-corrected chi connectivity index (χ2v) is 9.56. The van der Waals surface area contributed by atoms with Crippen molar-refractivity contribution in [3.05, 3.63) is 29.7 Å². The number of halogens is 3. The molecule has 178 valence electrons. The van der Waals surface area contributed by atoms with Gasteiger partial charge in [-0.25, -0.2) is 0 Å². The third-order valence-corrected chi connectivity index (χ3v) is 6.07. The highest BCUT2D eigenvalue weighted by Crippen LogP contribution is 2.39. The molecule has 0 atom stereocenters. The van der Waals surface area contributed by atoms with Gasteiger partial charge in [-0.3, -0.25) is 9.59 Å². The molecule has 0 unspecified atom stereocenters. The van der Waals surface area contributed by atoms with E-state index < -0.39 is 18.0 Å². The van der Waals surface area contributed by atoms with Crippen molar-refractivity contribution in [3.63, 3.8) is 0 Å². The summed E-state index contributed by atoms with van der Waals surface area (Å²) >= 11 is 0. The van der Waals surface area contributed by atoms with Crippen LogP contribution in [0, 0.1) is 5.41 Å². The van der Waals surface area contributed by atoms with Gasteiger partial charge in [-0.15, -0.1) is 0 Å². The van der Waals surface area contributed by atoms with Gasteiger partial charge in [0.1, 0.15) is 5.75 Å². The summed E-state index contributed by atoms with van der Waals surface area (Å²) in [7, 11) is 0. The van der Waals surface area contributed by atoms with E-state index >= 15 is 0 Å². The molecule has 1 aromatic heterocycles. The summed E-state index contributed by atoms with van der Waals surface area (Å²) in [5.74, 6) is -2.35. The molecule has 2 aromatic rings. The average Bonchev–Trinajstić information content (AvgIpc) is 3.26. The second-order valence-electron chi connectivity index (χ2n) is 9.56. The number of hydrogen-bond donors (Lipinski definition) is 1. The first-order valence-corrected chi connectivity index (χ1v) is 10.7. The van der Waals surface area contributed by atoms with Crippen LogP contribution in [0.25, 0.3) is 11.4 Å². The third-order valence-electron chi connectivity index (χ3n) is 6.07. The van der Waals surface area contributed by atoms with Gasteiger partial charge >= 0.3 is 12.1 Å². The minimum atomic E-state index is -4.78. The molecule has 1 saturated carbocycles. The van der Waals surface area contributed by atoms with Crippen LogP contribution in [0.3, 0.4) is 0 Å². The van der Waals surface area contributed by atoms with Gasteiger partial charge in [-0.1, -0.05) is 19.0 Å². The molecule has 33 heavy (non-hydrogen) atoms. The highest BCUT2D eigenvalue weighted by molar-refractivity contribution is 5.98. The summed E-state index contributed by atoms with van der Waals surface area (Å²) < 4.78 is 47.4. The maximum absolute atomic E-state index is 13.0. The zero-order valence-corrected chi connectivity index (χ0v) is 18.4. The second kappa shape index (κ2) is 8.44. The predicted molar refractivity (Wildman–Crippen MR) is 110 cm³/mol. The molecule has 0 radical (unpaired) electrons. The Hall–Kier alpha value is -2.95. The highest BCUT2D eigenvalue weighted by Gasteiger charge is 2.46. The molecule has 1 saturated heterocycles. The number of nitrogens with zero attached hydrogens (tertiary/aromatic N) is 3. The van der Waals surface area contributed by atoms with Gasteiger partial charge in [0.2, 0.25) is 5.82 Å². The van der Waals surface area contributed by atoms with E-state index in [1.807, 2.05) is 0 Å². The van der Waals surface area contributed by atoms with Crippen LogP contribution in [0.4, 0.5) is 13.2 Å². The molecule has 1 N–H and O–H groups in total. The van der Waals surface area contributed by atoms with Crippen molar-refractivity contribution in [1.82, 2.24) is 20.4 Å². The molecule has 0 bridgehead atoms. The number of amides is 1. The Kier molecular flexibility index (Phi) is 5.94. The molecule has 1 aliphatic carbocycles. The van der Waals surface area contributed by atoms with E-state index in [1.165, 1.54) is 24.6 Å². The van der Waals surface area contributed by atoms with Crippen molar-refractivity contribution in [2.45, 2.75) is 51.2 Å². The molecule has 1 amide bonds. The van der Waals surface area contributed by atoms with Crippen LogP contribution in [0.2, 0.25) is 0 Å². The van der Waals surface area contributed by atoms with Crippen molar-refractivity contribution in [2.24, 2.45) is 5.41 Å². The minimum absolute atomic E-state index is 0.0932. The molecule has 11 heteroatoms. The van der Waals surface area contributed by atoms with E-state index in [0.29, 0.717) is 0 Å². The fourth-order valence-corrected chi connectivity index (χ4v) is 4.34. The Morgan fingerprint density at radius 2 is 2.06 bits per heavy atom. The quantitative estimate of drug-likeness (QED) is 0.622. The van der Waals surface area contributed by atoms with Crippen molar-refractivity contribution in [2.75, 3.05) is 19.6 Å². The number of hydrogen-bond acceptors (Lipinski definition) is 7. The van der Waals surface area contributed by atoms with Gasteiger partial charge in [0.05, 0.1) is 11.1 Å². The van der Waals surface area contributed by atoms with Crippen molar-refractivity contribution >= 4 is 12.4 Å². The maximum atomic E-state index is 13.0. The summed E-state index contributed by atoms with van der Waals surface area (Å²) in [5, 5.41) is 6.38. The Labute approximate surface area is 188 Å². The number of aromatic nitrogens is 2. The van der Waals surface area contributed by atoms with Crippen LogP contribution in [-0.4, -0.2) is 52.6 Å². The number of carbonyl (C=O) groups is 2. The van der Waals surface area contributed by atoms with Crippen LogP contribution in [0.5, 0.6) is 5.75 Å². The normalized spacial score (nSPS) is 19.7. The van der Waals surface area contributed by atoms with Crippen molar-refractivity contribution in [1.29, 1.82) is 0 Å². The number of piperidine rings is 1. The van der Waals surface area contributed by atoms with E-state index in [9.17, 15) is 22.8 Å². The zero-order chi connectivity index (χ0) is 23.9. The van der Waals surface area contributed by atoms with E-state index in [-0.39, 0.29) is 40.1 Å². The fourth-order valence-electron chi connectivity index (χ4n) is 4.34. The van der Waals surface area contributed by atoms with E-state index in [2.05, 4.69) is 38.7 Å². The lowest BCUT2D eigenvalue weighted by Crippen LogP contribution is -2.50. The van der Waals surface area contributed by atoms with E-state index in [0.717, 1.165) is 38.9 Å². The number of rotatable bonds is 7. The topological polar surface area (TPSA) is 97.6 Å². The summed E-state index contributed by atoms with van der Waals surface area (Å²) in [4.78, 5) is 29.7. The first kappa shape index (κ1) is 23.2. The van der Waals surface area contributed by atoms with Gasteiger partial charge in [-0.05, 0) is 55.8 Å². The Balaban J connectivity index is 1.50. The van der Waals surface area contributed by atoms with Gasteiger partial charge in [0, 0.05) is 18.7 Å². The molecular formula is C22H25F3N4O4. The number of likely N-dealkylation sites (tertiary alicyclic amines) is 1. The van der Waals surface area contributed by atoms with E-state index in [1.54, 1.807) is 0 Å². The van der Waals surface area contributed by atoms with Gasteiger partial charge in [0.15, 0.2) is 0 Å². The average molecular weight is 466 g/mol. The van der Waals surface area contributed by atoms with Gasteiger partial charge in [-0.2, -0.15) is 18.2 Å². The van der Waals surface area contributed by atoms with Crippen LogP contribution in [0.15, 0.2) is 22.7 Å². The predicted octanol–water partition coefficient (Wildman–Crippen LogP) is 3.68. The number of benzene rings is 1. The molecule has 1 aromatic carbocycles. The number of ether oxygens (including phenoxy) is 1. The SMILES string of the molecule is CC1(C)CCCN(CC2(NC(=O)c3ccc(-c4noc(C(F)(F)F)n4)cc3OC=O)CC2)C1. The van der Waals surface area contributed by atoms with Crippen LogP contribution < -0.4 is 10.1 Å². The number of carbonyl (C=O) groups excluding carboxylic acids is 2. The molecule has 8 nitrogen and oxygen atoms in total. The third kappa shape index (κ3) is 5.35. The monoisotopic (exact) mass is 466 g/mol. The fraction of sp³-hybridized carbons (Fsp3) is 0.545. The van der Waals surface area contributed by atoms with Crippen molar-refractivity contribution in [3.8, 4) is 17.1 Å². The first-order chi connectivity index (χ1) is 15.5. The van der Waals surface area contributed by atoms with Crippen LogP contribution in [-0.2, 0) is 11.0 Å². The van der Waals surface area contributed by atoms with E-state index in [4.69, 9.17) is 4.74 Å². The standard InChI is InChI=1S/C22H25F3N4O4/c1-20(2)6-3-9-29(11-20)12-21(7-8-21)27-18(31)15-5-4-14(10-16(15)32-13-30)17-26-19(33-28-17)22(23,24)25/h4-5,10,13H,3,6-9,11-12H2,1-2H3,(H,27,31). The Bertz CT molecular complexity index is 1050. The highest BCUT2D eigenvalue weighted by atomic mass is 19.4. The lowest BCUT2D eigenvalue weighted by Gasteiger charge is -2.39. The van der Waals surface area contributed by atoms with Crippen molar-refractivity contribution < 1.29 is 32.0 Å². The first-order valence-electron chi connectivity index (χ1n) is 10.7. The summed E-state index contributed by atoms with van der Waals surface area (Å²) in [6, 6.07) is 3.98. The summed E-state index contributed by atoms with van der Waals surface area (Å²) in [5.41, 5.74) is 0.104. The lowest BCUT2D eigenvalue weighted by atomic mass is 9.84. The Morgan fingerprint density at radius 3 is 2.67 bits per heavy atom. The number of alkyl halides is 3. The smallest absolute Gasteiger partial charge is 0.428 e. The van der Waals surface area contributed by atoms with Gasteiger partial charge in [0.25, 0.3) is 12.4 Å². The lowest BCUT2D eigenvalue weighted by molar-refractivity contribution is -0.159. The molecule has 4 rings (SSSR count). The Morgan fingerprint density at radius 1 is 1.30 bits per heavy atom. The molecular weight excluding hydrogens is 441 g/mol. The summed E-state index contributed by atoms with van der Waals surface area (Å²) in [6.45, 7) is 7.32. The molecule has 1 aliphatic heterocycles. The molecule has 0 spiro atoms. The molecule has 2 fully saturated rings. The molecule has 2 heterocycles. The summed E-state index contributed by atoms with van der Waals surface area (Å²) in [6.07, 6.45) is -0.800. The molecule has 2 aliphatic rings. The van der Waals surface area contributed by atoms with Crippen LogP contribution in [0.1, 0.15) is 55.8 Å². The largest absolute Gasteiger partial charge is 0.471 e. The number of nitrogens with one attached hydrogen (secondary N) is 1. The van der Waals surface area contributed by atoms with Crippen LogP contribution >= 0.6 is 0 Å². The minimum Gasteiger partial charge on any atom is -0.428 e.